The number of hydrogen-bond donors (Lipinski definition) is 0. The zero-order valence-corrected chi connectivity index (χ0v) is 15.1. The number of sulfonamides is 1. The summed E-state index contributed by atoms with van der Waals surface area (Å²) in [7, 11) is -2.39. The van der Waals surface area contributed by atoms with Crippen LogP contribution < -0.4 is 9.47 Å². The van der Waals surface area contributed by atoms with Gasteiger partial charge in [0.15, 0.2) is 11.5 Å². The first-order valence-corrected chi connectivity index (χ1v) is 9.38. The highest BCUT2D eigenvalue weighted by molar-refractivity contribution is 7.89. The molecule has 5 nitrogen and oxygen atoms in total. The Kier molecular flexibility index (Phi) is 4.92. The average Bonchev–Trinajstić information content (AvgIpc) is 2.54. The van der Waals surface area contributed by atoms with Crippen molar-refractivity contribution in [2.45, 2.75) is 11.0 Å². The summed E-state index contributed by atoms with van der Waals surface area (Å²) in [4.78, 5) is -0.104. The number of halogens is 2. The van der Waals surface area contributed by atoms with Crippen LogP contribution in [0.3, 0.4) is 0 Å². The van der Waals surface area contributed by atoms with Gasteiger partial charge in [-0.1, -0.05) is 41.4 Å². The minimum absolute atomic E-state index is 0.0838. The van der Waals surface area contributed by atoms with Crippen LogP contribution in [0.2, 0.25) is 10.0 Å². The van der Waals surface area contributed by atoms with Crippen LogP contribution in [0.25, 0.3) is 0 Å². The highest BCUT2D eigenvalue weighted by Gasteiger charge is 2.30. The van der Waals surface area contributed by atoms with Crippen molar-refractivity contribution in [1.29, 1.82) is 0 Å². The number of hydrogen-bond acceptors (Lipinski definition) is 4. The SMILES string of the molecule is CN(CC1COc2ccccc2O1)S(=O)(=O)c1c(Cl)cccc1Cl. The van der Waals surface area contributed by atoms with Crippen molar-refractivity contribution in [1.82, 2.24) is 4.31 Å². The summed E-state index contributed by atoms with van der Waals surface area (Å²) >= 11 is 12.0. The second kappa shape index (κ2) is 6.80. The molecular formula is C16H15Cl2NO4S. The van der Waals surface area contributed by atoms with Gasteiger partial charge in [0.1, 0.15) is 17.6 Å². The van der Waals surface area contributed by atoms with Gasteiger partial charge in [-0.15, -0.1) is 0 Å². The van der Waals surface area contributed by atoms with Crippen molar-refractivity contribution in [3.8, 4) is 11.5 Å². The predicted octanol–water partition coefficient (Wildman–Crippen LogP) is 3.45. The largest absolute Gasteiger partial charge is 0.486 e. The van der Waals surface area contributed by atoms with E-state index in [-0.39, 0.29) is 28.1 Å². The van der Waals surface area contributed by atoms with E-state index in [0.29, 0.717) is 11.5 Å². The molecule has 1 heterocycles. The molecule has 0 bridgehead atoms. The van der Waals surface area contributed by atoms with Crippen molar-refractivity contribution in [3.63, 3.8) is 0 Å². The predicted molar refractivity (Wildman–Crippen MR) is 92.6 cm³/mol. The lowest BCUT2D eigenvalue weighted by atomic mass is 10.2. The van der Waals surface area contributed by atoms with E-state index in [1.165, 1.54) is 23.5 Å². The fourth-order valence-corrected chi connectivity index (χ4v) is 4.71. The molecule has 0 fully saturated rings. The lowest BCUT2D eigenvalue weighted by Crippen LogP contribution is -2.41. The van der Waals surface area contributed by atoms with E-state index in [1.54, 1.807) is 18.2 Å². The number of rotatable bonds is 4. The van der Waals surface area contributed by atoms with E-state index in [4.69, 9.17) is 32.7 Å². The molecule has 0 radical (unpaired) electrons. The highest BCUT2D eigenvalue weighted by Crippen LogP contribution is 2.33. The number of ether oxygens (including phenoxy) is 2. The molecule has 2 aromatic carbocycles. The van der Waals surface area contributed by atoms with E-state index in [0.717, 1.165) is 0 Å². The first-order chi connectivity index (χ1) is 11.4. The number of fused-ring (bicyclic) bond motifs is 1. The monoisotopic (exact) mass is 387 g/mol. The zero-order chi connectivity index (χ0) is 17.3. The van der Waals surface area contributed by atoms with Gasteiger partial charge in [-0.05, 0) is 24.3 Å². The molecule has 128 valence electrons. The minimum atomic E-state index is -3.84. The summed E-state index contributed by atoms with van der Waals surface area (Å²) in [6.07, 6.45) is -0.430. The second-order valence-electron chi connectivity index (χ2n) is 5.33. The molecule has 0 saturated carbocycles. The van der Waals surface area contributed by atoms with E-state index >= 15 is 0 Å². The van der Waals surface area contributed by atoms with Crippen molar-refractivity contribution < 1.29 is 17.9 Å². The van der Waals surface area contributed by atoms with E-state index in [2.05, 4.69) is 0 Å². The molecule has 0 aliphatic carbocycles. The van der Waals surface area contributed by atoms with Crippen LogP contribution in [0.5, 0.6) is 11.5 Å². The Morgan fingerprint density at radius 1 is 1.08 bits per heavy atom. The molecule has 24 heavy (non-hydrogen) atoms. The summed E-state index contributed by atoms with van der Waals surface area (Å²) in [5.41, 5.74) is 0. The first kappa shape index (κ1) is 17.4. The fraction of sp³-hybridized carbons (Fsp3) is 0.250. The van der Waals surface area contributed by atoms with Gasteiger partial charge in [-0.25, -0.2) is 8.42 Å². The number of nitrogens with zero attached hydrogens (tertiary/aromatic N) is 1. The highest BCUT2D eigenvalue weighted by atomic mass is 35.5. The number of likely N-dealkylation sites (N-methyl/N-ethyl adjacent to an activating group) is 1. The van der Waals surface area contributed by atoms with Gasteiger partial charge >= 0.3 is 0 Å². The Balaban J connectivity index is 1.79. The molecule has 0 amide bonds. The smallest absolute Gasteiger partial charge is 0.245 e. The number of para-hydroxylation sites is 2. The van der Waals surface area contributed by atoms with Gasteiger partial charge in [0, 0.05) is 7.05 Å². The molecule has 0 saturated heterocycles. The van der Waals surface area contributed by atoms with Gasteiger partial charge in [0.25, 0.3) is 0 Å². The molecule has 0 N–H and O–H groups in total. The maximum absolute atomic E-state index is 12.8. The van der Waals surface area contributed by atoms with E-state index < -0.39 is 16.1 Å². The topological polar surface area (TPSA) is 55.8 Å². The van der Waals surface area contributed by atoms with Crippen LogP contribution in [0, 0.1) is 0 Å². The van der Waals surface area contributed by atoms with Gasteiger partial charge in [0.2, 0.25) is 10.0 Å². The summed E-state index contributed by atoms with van der Waals surface area (Å²) in [6.45, 7) is 0.366. The second-order valence-corrected chi connectivity index (χ2v) is 8.13. The van der Waals surface area contributed by atoms with Crippen LogP contribution in [0.1, 0.15) is 0 Å². The molecule has 1 aliphatic rings. The molecule has 1 atom stereocenters. The minimum Gasteiger partial charge on any atom is -0.486 e. The Bertz CT molecular complexity index is 837. The van der Waals surface area contributed by atoms with Crippen LogP contribution in [0.15, 0.2) is 47.4 Å². The fourth-order valence-electron chi connectivity index (χ4n) is 2.42. The van der Waals surface area contributed by atoms with Crippen LogP contribution >= 0.6 is 23.2 Å². The van der Waals surface area contributed by atoms with Crippen LogP contribution in [0.4, 0.5) is 0 Å². The van der Waals surface area contributed by atoms with Crippen molar-refractivity contribution >= 4 is 33.2 Å². The van der Waals surface area contributed by atoms with Gasteiger partial charge in [0.05, 0.1) is 16.6 Å². The lowest BCUT2D eigenvalue weighted by Gasteiger charge is -2.29. The summed E-state index contributed by atoms with van der Waals surface area (Å²) in [6, 6.07) is 11.8. The van der Waals surface area contributed by atoms with E-state index in [9.17, 15) is 8.42 Å². The molecule has 1 unspecified atom stereocenters. The summed E-state index contributed by atoms with van der Waals surface area (Å²) < 4.78 is 38.1. The first-order valence-electron chi connectivity index (χ1n) is 7.18. The van der Waals surface area contributed by atoms with Crippen molar-refractivity contribution in [3.05, 3.63) is 52.5 Å². The molecular weight excluding hydrogens is 373 g/mol. The van der Waals surface area contributed by atoms with Crippen molar-refractivity contribution in [2.75, 3.05) is 20.2 Å². The standard InChI is InChI=1S/C16H15Cl2NO4S/c1-19(24(20,21)16-12(17)5-4-6-13(16)18)9-11-10-22-14-7-2-3-8-15(14)23-11/h2-8,11H,9-10H2,1H3. The van der Waals surface area contributed by atoms with E-state index in [1.807, 2.05) is 12.1 Å². The van der Waals surface area contributed by atoms with Gasteiger partial charge in [-0.2, -0.15) is 4.31 Å². The summed E-state index contributed by atoms with van der Waals surface area (Å²) in [5, 5.41) is 0.168. The van der Waals surface area contributed by atoms with Gasteiger partial charge in [-0.3, -0.25) is 0 Å². The maximum Gasteiger partial charge on any atom is 0.245 e. The Labute approximate surface area is 150 Å². The molecule has 2 aromatic rings. The third kappa shape index (κ3) is 3.32. The average molecular weight is 388 g/mol. The van der Waals surface area contributed by atoms with Crippen LogP contribution in [-0.4, -0.2) is 39.0 Å². The zero-order valence-electron chi connectivity index (χ0n) is 12.8. The molecule has 8 heteroatoms. The van der Waals surface area contributed by atoms with Crippen molar-refractivity contribution in [2.24, 2.45) is 0 Å². The summed E-state index contributed by atoms with van der Waals surface area (Å²) in [5.74, 6) is 1.24. The third-order valence-electron chi connectivity index (χ3n) is 3.62. The Morgan fingerprint density at radius 3 is 2.38 bits per heavy atom. The van der Waals surface area contributed by atoms with Gasteiger partial charge < -0.3 is 9.47 Å². The van der Waals surface area contributed by atoms with Crippen LogP contribution in [-0.2, 0) is 10.0 Å². The number of benzene rings is 2. The molecule has 3 rings (SSSR count). The Hall–Kier alpha value is -1.47. The lowest BCUT2D eigenvalue weighted by molar-refractivity contribution is 0.0798. The molecule has 0 aromatic heterocycles. The third-order valence-corrected chi connectivity index (χ3v) is 6.39. The Morgan fingerprint density at radius 2 is 1.71 bits per heavy atom. The molecule has 1 aliphatic heterocycles. The normalized spacial score (nSPS) is 17.1. The quantitative estimate of drug-likeness (QED) is 0.805. The maximum atomic E-state index is 12.8. The molecule has 0 spiro atoms.